The van der Waals surface area contributed by atoms with E-state index in [1.54, 1.807) is 39.2 Å². The number of nitrogens with two attached hydrogens (primary N) is 2. The molecule has 1 saturated heterocycles. The van der Waals surface area contributed by atoms with Crippen LogP contribution in [0.3, 0.4) is 0 Å². The fourth-order valence-corrected chi connectivity index (χ4v) is 17.6. The Balaban J connectivity index is 0.964. The number of nitrogens with one attached hydrogen (secondary N) is 11. The van der Waals surface area contributed by atoms with Crippen molar-refractivity contribution in [3.63, 3.8) is 0 Å². The van der Waals surface area contributed by atoms with Crippen molar-refractivity contribution in [1.29, 1.82) is 0 Å². The first kappa shape index (κ1) is 119. The fourth-order valence-electron chi connectivity index (χ4n) is 15.3. The van der Waals surface area contributed by atoms with Gasteiger partial charge in [-0.15, -0.1) is 0 Å². The second-order valence-electron chi connectivity index (χ2n) is 34.8. The number of alkyl halides is 2. The van der Waals surface area contributed by atoms with Gasteiger partial charge in [0.1, 0.15) is 59.7 Å². The highest BCUT2D eigenvalue weighted by molar-refractivity contribution is 9.09. The summed E-state index contributed by atoms with van der Waals surface area (Å²) >= 11 is 6.89. The summed E-state index contributed by atoms with van der Waals surface area (Å²) in [7, 11) is 0.337. The Morgan fingerprint density at radius 1 is 0.623 bits per heavy atom. The molecule has 3 aliphatic rings. The number of aliphatic hydroxyl groups is 3. The molecule has 0 radical (unpaired) electrons. The molecule has 1 fully saturated rings. The molecular formula is C94H132Br2N18O31S. The fraction of sp³-hybridized carbons (Fsp3) is 0.585. The van der Waals surface area contributed by atoms with Crippen LogP contribution in [0.25, 0.3) is 21.9 Å². The van der Waals surface area contributed by atoms with E-state index in [0.29, 0.717) is 85.3 Å². The molecule has 5 heterocycles. The smallest absolute Gasteiger partial charge is 0.415 e. The predicted octanol–water partition coefficient (Wildman–Crippen LogP) is -1.61. The van der Waals surface area contributed by atoms with E-state index in [-0.39, 0.29) is 137 Å². The number of fused-ring (bicyclic) bond motifs is 6. The number of ether oxygens (including phenoxy) is 10. The zero-order valence-corrected chi connectivity index (χ0v) is 86.3. The first-order valence-electron chi connectivity index (χ1n) is 47.6. The summed E-state index contributed by atoms with van der Waals surface area (Å²) in [4.78, 5) is 251. The van der Waals surface area contributed by atoms with Crippen molar-refractivity contribution >= 4 is 171 Å². The largest absolute Gasteiger partial charge is 0.445 e. The van der Waals surface area contributed by atoms with Crippen molar-refractivity contribution in [1.82, 2.24) is 77.5 Å². The number of nitrogens with zero attached hydrogens (tertiary/aromatic N) is 5. The van der Waals surface area contributed by atoms with Crippen LogP contribution in [0.2, 0.25) is 0 Å². The molecule has 18 N–H and O–H groups in total. The predicted molar refractivity (Wildman–Crippen MR) is 529 cm³/mol. The maximum absolute atomic E-state index is 15.5. The minimum Gasteiger partial charge on any atom is -0.445 e. The van der Waals surface area contributed by atoms with Crippen LogP contribution in [-0.2, 0) is 144 Å². The highest BCUT2D eigenvalue weighted by atomic mass is 79.9. The Kier molecular flexibility index (Phi) is 50.5. The summed E-state index contributed by atoms with van der Waals surface area (Å²) in [6, 6.07) is 2.40. The van der Waals surface area contributed by atoms with E-state index in [2.05, 4.69) is 100.0 Å². The van der Waals surface area contributed by atoms with Crippen LogP contribution < -0.4 is 69.4 Å². The summed E-state index contributed by atoms with van der Waals surface area (Å²) in [6.07, 6.45) is -7.88. The molecule has 2 aromatic heterocycles. The molecule has 14 atom stereocenters. The standard InChI is InChI=1S/C94H132Br2N18O31S/c1-8-53(2)82-89(130)100-47-80(123)106-72-52-146(135)91-64(43-68(86(127)99-48-81(124)110-82)108-90(131)83(54(3)76(119)50-115)111-88(129)73-41-61(116)49-114(73)92(132)59(39-75(72)118)40-77(97)120)63-17-16-62(42-66(63)109-91)145-93(133)112(6)20-21-113(22-25-139-30-33-141-31-28-137-23-9-10-74(117)58-13-18-65-67(38-58)105-71(46-96)70(45-95)104-65)94(134)144-51-57-11-14-60(15-12-57)103-87(128)69(44-78(98)121)107-85(126)56(5)102-84(125)55(4)101-79(122)19-24-138-29-32-142-36-37-143-35-34-140-27-26-136-7/h11-18,38,42,53-56,59,61,68-69,72-73,76,82-83,109,115-116,119H,8-10,19-37,39-41,43-52H2,1-7H3,(H2,97,120)(H2,98,121)(H,99,127)(H,100,130)(H,101,122)(H,102,125)(H,103,128)(H,106,123)(H,107,126)(H,108,131)(H,110,124)(H,111,129)/t53-,54-,55-,56-,59-,61+,68+,69-,72-,73-,76-,82-,83-,146?/m0/s1. The van der Waals surface area contributed by atoms with Gasteiger partial charge in [0, 0.05) is 125 Å². The van der Waals surface area contributed by atoms with E-state index in [0.717, 1.165) is 21.2 Å². The number of carbonyl (C=O) groups is 17. The first-order valence-corrected chi connectivity index (χ1v) is 51.2. The lowest BCUT2D eigenvalue weighted by molar-refractivity contribution is -0.145. The lowest BCUT2D eigenvalue weighted by Crippen LogP contribution is -2.61. The molecule has 15 amide bonds. The maximum atomic E-state index is 15.5. The van der Waals surface area contributed by atoms with Crippen LogP contribution in [-0.4, -0.2) is 375 Å². The monoisotopic (exact) mass is 2200 g/mol. The van der Waals surface area contributed by atoms with Crippen molar-refractivity contribution in [3.05, 3.63) is 88.7 Å². The van der Waals surface area contributed by atoms with Crippen LogP contribution in [0.1, 0.15) is 119 Å². The van der Waals surface area contributed by atoms with Gasteiger partial charge in [-0.25, -0.2) is 19.6 Å². The van der Waals surface area contributed by atoms with E-state index in [1.807, 2.05) is 0 Å². The molecule has 804 valence electrons. The summed E-state index contributed by atoms with van der Waals surface area (Å²) < 4.78 is 71.1. The van der Waals surface area contributed by atoms with E-state index in [9.17, 15) is 92.0 Å². The zero-order chi connectivity index (χ0) is 107. The molecule has 3 aromatic carbocycles. The van der Waals surface area contributed by atoms with Gasteiger partial charge < -0.3 is 147 Å². The second kappa shape index (κ2) is 61.7. The zero-order valence-electron chi connectivity index (χ0n) is 82.4. The van der Waals surface area contributed by atoms with E-state index in [4.69, 9.17) is 58.8 Å². The molecule has 2 bridgehead atoms. The summed E-state index contributed by atoms with van der Waals surface area (Å²) in [5, 5.41) is 58.1. The van der Waals surface area contributed by atoms with Gasteiger partial charge >= 0.3 is 12.2 Å². The third-order valence-electron chi connectivity index (χ3n) is 23.8. The maximum Gasteiger partial charge on any atom is 0.415 e. The quantitative estimate of drug-likeness (QED) is 0.0118. The topological polar surface area (TPSA) is 684 Å². The van der Waals surface area contributed by atoms with Gasteiger partial charge in [-0.3, -0.25) is 76.1 Å². The average Bonchev–Trinajstić information content (AvgIpc) is 1.64. The molecule has 146 heavy (non-hydrogen) atoms. The van der Waals surface area contributed by atoms with Gasteiger partial charge in [0.05, 0.1) is 187 Å². The highest BCUT2D eigenvalue weighted by Crippen LogP contribution is 2.33. The van der Waals surface area contributed by atoms with Crippen molar-refractivity contribution < 1.29 is 148 Å². The van der Waals surface area contributed by atoms with E-state index >= 15 is 9.00 Å². The van der Waals surface area contributed by atoms with Gasteiger partial charge in [-0.1, -0.05) is 71.2 Å². The van der Waals surface area contributed by atoms with Gasteiger partial charge in [0.2, 0.25) is 76.8 Å². The molecule has 0 saturated carbocycles. The number of anilines is 1. The lowest BCUT2D eigenvalue weighted by Gasteiger charge is -2.32. The number of halogens is 2. The number of methoxy groups -OCH3 is 1. The molecule has 0 spiro atoms. The minimum atomic E-state index is -2.58. The first-order chi connectivity index (χ1) is 69.8. The van der Waals surface area contributed by atoms with Crippen LogP contribution in [0.15, 0.2) is 65.7 Å². The van der Waals surface area contributed by atoms with Crippen LogP contribution in [0.5, 0.6) is 5.75 Å². The second-order valence-corrected chi connectivity index (χ2v) is 37.4. The van der Waals surface area contributed by atoms with Gasteiger partial charge in [-0.05, 0) is 79.8 Å². The minimum absolute atomic E-state index is 0.00885. The number of primary amides is 2. The number of benzene rings is 3. The molecule has 5 aromatic rings. The third-order valence-corrected chi connectivity index (χ3v) is 26.3. The Morgan fingerprint density at radius 2 is 1.23 bits per heavy atom. The molecule has 49 nitrogen and oxygen atoms in total. The molecule has 1 unspecified atom stereocenters. The van der Waals surface area contributed by atoms with Crippen LogP contribution in [0.4, 0.5) is 15.3 Å². The number of amides is 15. The van der Waals surface area contributed by atoms with Gasteiger partial charge in [-0.2, -0.15) is 0 Å². The lowest BCUT2D eigenvalue weighted by atomic mass is 9.93. The third kappa shape index (κ3) is 38.5. The van der Waals surface area contributed by atoms with E-state index in [1.165, 1.54) is 75.2 Å². The van der Waals surface area contributed by atoms with Crippen molar-refractivity contribution in [3.8, 4) is 5.75 Å². The van der Waals surface area contributed by atoms with Gasteiger partial charge in [0.25, 0.3) is 0 Å². The molecular weight excluding hydrogens is 2070 g/mol. The molecule has 3 aliphatic heterocycles. The number of aromatic nitrogens is 3. The molecule has 0 aliphatic carbocycles. The number of rotatable bonds is 53. The van der Waals surface area contributed by atoms with Crippen molar-refractivity contribution in [2.24, 2.45) is 29.2 Å². The molecule has 8 rings (SSSR count). The number of H-pyrrole nitrogens is 1. The highest BCUT2D eigenvalue weighted by Gasteiger charge is 2.46. The van der Waals surface area contributed by atoms with Crippen LogP contribution >= 0.6 is 31.9 Å². The summed E-state index contributed by atoms with van der Waals surface area (Å²) in [5.41, 5.74) is 15.0. The SMILES string of the molecule is CC[C@H](C)[C@@H]1NC(=O)CNC(=O)[C@H]2Cc3c([nH]c4cc(OC(=O)N(C)CCN(CCOCCOCCOCCCC(=O)c5ccc6nc(CBr)c(CBr)nc6c5)C(=O)OCc5ccc(NC(=O)[C@H](CC(N)=O)NC(=O)[C@H](C)NC(=O)[C@H](C)NC(=O)CCOCCOCCOCCOCCOC)cc5)ccc34)S(=O)C[C@H](NC(=O)CNC1=O)C(=O)C[C@@H](CC(N)=O)C(=O)N1C[C@H](O)C[C@H]1C(=O)N[C@@H]([C@@H](C)[C@@H](O)CO)C(=O)N2. The summed E-state index contributed by atoms with van der Waals surface area (Å²) in [6.45, 7) is 6.59. The van der Waals surface area contributed by atoms with Crippen molar-refractivity contribution in [2.75, 3.05) is 170 Å². The number of hydrogen-bond donors (Lipinski definition) is 16. The Hall–Kier alpha value is -11.8. The molecule has 52 heteroatoms. The Bertz CT molecular complexity index is 5340. The number of Topliss-reactive ketones (excluding diaryl/α,β-unsaturated/α-hetero) is 2. The normalized spacial score (nSPS) is 19.5. The van der Waals surface area contributed by atoms with E-state index < -0.39 is 248 Å². The van der Waals surface area contributed by atoms with Gasteiger partial charge in [0.15, 0.2) is 11.6 Å². The number of carbonyl (C=O) groups excluding carboxylic acids is 17. The summed E-state index contributed by atoms with van der Waals surface area (Å²) in [5.74, 6) is -18.5. The number of aromatic amines is 1. The average molecular weight is 2200 g/mol. The number of hydrogen-bond acceptors (Lipinski definition) is 33. The number of ketones is 2. The Morgan fingerprint density at radius 3 is 1.85 bits per heavy atom. The Labute approximate surface area is 861 Å². The number of aliphatic hydroxyl groups excluding tert-OH is 3. The van der Waals surface area contributed by atoms with Crippen LogP contribution in [0, 0.1) is 17.8 Å². The number of likely N-dealkylation sites (N-methyl/N-ethyl adjacent to an activating group) is 1. The van der Waals surface area contributed by atoms with Crippen molar-refractivity contribution in [2.45, 2.75) is 175 Å².